The van der Waals surface area contributed by atoms with E-state index in [9.17, 15) is 18.0 Å². The topological polar surface area (TPSA) is 41.6 Å². The third kappa shape index (κ3) is 6.20. The minimum absolute atomic E-state index is 0.0876. The number of alkyl halides is 3. The zero-order valence-corrected chi connectivity index (χ0v) is 15.6. The third-order valence-electron chi connectivity index (χ3n) is 4.67. The summed E-state index contributed by atoms with van der Waals surface area (Å²) in [5, 5.41) is 3.30. The third-order valence-corrected chi connectivity index (χ3v) is 4.67. The number of hydrogen-bond acceptors (Lipinski definition) is 3. The molecule has 1 atom stereocenters. The molecule has 4 nitrogen and oxygen atoms in total. The van der Waals surface area contributed by atoms with E-state index >= 15 is 0 Å². The highest BCUT2D eigenvalue weighted by molar-refractivity contribution is 5.75. The summed E-state index contributed by atoms with van der Waals surface area (Å²) in [5.74, 6) is 0.917. The number of halogens is 3. The molecule has 0 radical (unpaired) electrons. The van der Waals surface area contributed by atoms with Crippen molar-refractivity contribution in [1.29, 1.82) is 0 Å². The number of ether oxygens (including phenoxy) is 1. The van der Waals surface area contributed by atoms with Gasteiger partial charge in [0.15, 0.2) is 6.61 Å². The molecule has 1 saturated heterocycles. The van der Waals surface area contributed by atoms with Gasteiger partial charge in [0.25, 0.3) is 0 Å². The Morgan fingerprint density at radius 2 is 1.96 bits per heavy atom. The van der Waals surface area contributed by atoms with E-state index in [1.165, 1.54) is 0 Å². The van der Waals surface area contributed by atoms with Gasteiger partial charge < -0.3 is 15.0 Å². The van der Waals surface area contributed by atoms with Crippen LogP contribution in [0.2, 0.25) is 0 Å². The van der Waals surface area contributed by atoms with Crippen molar-refractivity contribution in [3.05, 3.63) is 28.8 Å². The molecule has 1 N–H and O–H groups in total. The highest BCUT2D eigenvalue weighted by atomic mass is 19.4. The molecule has 26 heavy (non-hydrogen) atoms. The van der Waals surface area contributed by atoms with Crippen LogP contribution in [0, 0.1) is 19.8 Å². The largest absolute Gasteiger partial charge is 0.484 e. The molecule has 1 fully saturated rings. The van der Waals surface area contributed by atoms with Gasteiger partial charge in [0.05, 0.1) is 0 Å². The second-order valence-corrected chi connectivity index (χ2v) is 7.11. The van der Waals surface area contributed by atoms with Crippen LogP contribution in [-0.4, -0.2) is 43.7 Å². The Hall–Kier alpha value is -1.76. The van der Waals surface area contributed by atoms with E-state index in [0.717, 1.165) is 31.5 Å². The lowest BCUT2D eigenvalue weighted by Crippen LogP contribution is -2.26. The molecule has 0 bridgehead atoms. The van der Waals surface area contributed by atoms with E-state index < -0.39 is 12.8 Å². The second kappa shape index (κ2) is 8.75. The van der Waals surface area contributed by atoms with Crippen LogP contribution in [0.3, 0.4) is 0 Å². The van der Waals surface area contributed by atoms with Gasteiger partial charge >= 0.3 is 6.18 Å². The fourth-order valence-corrected chi connectivity index (χ4v) is 3.35. The number of hydrogen-bond donors (Lipinski definition) is 1. The number of aryl methyl sites for hydroxylation is 2. The molecule has 7 heteroatoms. The molecule has 1 unspecified atom stereocenters. The van der Waals surface area contributed by atoms with Gasteiger partial charge in [-0.15, -0.1) is 0 Å². The molecule has 1 aromatic rings. The number of amides is 1. The first-order valence-corrected chi connectivity index (χ1v) is 8.90. The lowest BCUT2D eigenvalue weighted by atomic mass is 10.0. The minimum Gasteiger partial charge on any atom is -0.484 e. The van der Waals surface area contributed by atoms with Gasteiger partial charge in [-0.05, 0) is 62.4 Å². The van der Waals surface area contributed by atoms with Gasteiger partial charge in [-0.25, -0.2) is 0 Å². The molecule has 1 aliphatic rings. The number of nitrogens with one attached hydrogen (secondary N) is 1. The minimum atomic E-state index is -4.36. The highest BCUT2D eigenvalue weighted by Gasteiger charge is 2.29. The SMILES string of the molecule is Cc1cc(CN(C)C(=O)CCC2CCNC2)cc(C)c1OCC(F)(F)F. The summed E-state index contributed by atoms with van der Waals surface area (Å²) >= 11 is 0. The second-order valence-electron chi connectivity index (χ2n) is 7.11. The van der Waals surface area contributed by atoms with Gasteiger partial charge in [-0.2, -0.15) is 13.2 Å². The lowest BCUT2D eigenvalue weighted by Gasteiger charge is -2.20. The van der Waals surface area contributed by atoms with E-state index in [0.29, 0.717) is 30.0 Å². The van der Waals surface area contributed by atoms with Crippen LogP contribution in [0.1, 0.15) is 36.0 Å². The Bertz CT molecular complexity index is 603. The standard InChI is InChI=1S/C19H27F3N2O2/c1-13-8-16(9-14(2)18(13)26-12-19(20,21)22)11-24(3)17(25)5-4-15-6-7-23-10-15/h8-9,15,23H,4-7,10-12H2,1-3H3. The van der Waals surface area contributed by atoms with Gasteiger partial charge in [0.1, 0.15) is 5.75 Å². The molecule has 0 aliphatic carbocycles. The van der Waals surface area contributed by atoms with Crippen LogP contribution < -0.4 is 10.1 Å². The molecule has 2 rings (SSSR count). The smallest absolute Gasteiger partial charge is 0.422 e. The number of carbonyl (C=O) groups excluding carboxylic acids is 1. The molecule has 0 spiro atoms. The maximum Gasteiger partial charge on any atom is 0.422 e. The summed E-state index contributed by atoms with van der Waals surface area (Å²) in [6.07, 6.45) is -1.83. The molecule has 0 saturated carbocycles. The van der Waals surface area contributed by atoms with E-state index in [2.05, 4.69) is 5.32 Å². The van der Waals surface area contributed by atoms with E-state index in [4.69, 9.17) is 4.74 Å². The summed E-state index contributed by atoms with van der Waals surface area (Å²) in [6.45, 7) is 4.57. The average molecular weight is 372 g/mol. The van der Waals surface area contributed by atoms with Crippen LogP contribution >= 0.6 is 0 Å². The first-order chi connectivity index (χ1) is 12.2. The monoisotopic (exact) mass is 372 g/mol. The zero-order valence-electron chi connectivity index (χ0n) is 15.6. The predicted molar refractivity (Wildman–Crippen MR) is 94.2 cm³/mol. The van der Waals surface area contributed by atoms with Gasteiger partial charge in [0, 0.05) is 20.0 Å². The Morgan fingerprint density at radius 1 is 1.31 bits per heavy atom. The summed E-state index contributed by atoms with van der Waals surface area (Å²) in [7, 11) is 1.76. The zero-order chi connectivity index (χ0) is 19.3. The Kier molecular flexibility index (Phi) is 6.92. The number of benzene rings is 1. The number of nitrogens with zero attached hydrogens (tertiary/aromatic N) is 1. The van der Waals surface area contributed by atoms with Crippen molar-refractivity contribution in [3.8, 4) is 5.75 Å². The lowest BCUT2D eigenvalue weighted by molar-refractivity contribution is -0.153. The maximum atomic E-state index is 12.4. The molecule has 0 aromatic heterocycles. The van der Waals surface area contributed by atoms with E-state index in [1.54, 1.807) is 37.9 Å². The van der Waals surface area contributed by atoms with E-state index in [1.807, 2.05) is 0 Å². The van der Waals surface area contributed by atoms with Crippen LogP contribution in [-0.2, 0) is 11.3 Å². The van der Waals surface area contributed by atoms with Crippen molar-refractivity contribution >= 4 is 5.91 Å². The van der Waals surface area contributed by atoms with Crippen molar-refractivity contribution in [2.24, 2.45) is 5.92 Å². The van der Waals surface area contributed by atoms with Crippen LogP contribution in [0.4, 0.5) is 13.2 Å². The highest BCUT2D eigenvalue weighted by Crippen LogP contribution is 2.27. The summed E-state index contributed by atoms with van der Waals surface area (Å²) in [6, 6.07) is 3.56. The molecule has 1 heterocycles. The molecular weight excluding hydrogens is 345 g/mol. The first kappa shape index (κ1) is 20.6. The fourth-order valence-electron chi connectivity index (χ4n) is 3.35. The van der Waals surface area contributed by atoms with Crippen molar-refractivity contribution in [2.45, 2.75) is 45.8 Å². The molecular formula is C19H27F3N2O2. The normalized spacial score (nSPS) is 17.4. The van der Waals surface area contributed by atoms with Crippen molar-refractivity contribution in [3.63, 3.8) is 0 Å². The predicted octanol–water partition coefficient (Wildman–Crippen LogP) is 3.59. The summed E-state index contributed by atoms with van der Waals surface area (Å²) < 4.78 is 42.0. The molecule has 1 aliphatic heterocycles. The first-order valence-electron chi connectivity index (χ1n) is 8.90. The maximum absolute atomic E-state index is 12.4. The quantitative estimate of drug-likeness (QED) is 0.795. The summed E-state index contributed by atoms with van der Waals surface area (Å²) in [5.41, 5.74) is 2.17. The number of rotatable bonds is 7. The fraction of sp³-hybridized carbons (Fsp3) is 0.632. The van der Waals surface area contributed by atoms with Gasteiger partial charge in [0.2, 0.25) is 5.91 Å². The Balaban J connectivity index is 1.92. The van der Waals surface area contributed by atoms with E-state index in [-0.39, 0.29) is 11.7 Å². The molecule has 1 aromatic carbocycles. The Morgan fingerprint density at radius 3 is 2.50 bits per heavy atom. The Labute approximate surface area is 152 Å². The van der Waals surface area contributed by atoms with Crippen LogP contribution in [0.5, 0.6) is 5.75 Å². The molecule has 146 valence electrons. The molecule has 1 amide bonds. The van der Waals surface area contributed by atoms with Crippen LogP contribution in [0.15, 0.2) is 12.1 Å². The van der Waals surface area contributed by atoms with Crippen molar-refractivity contribution in [2.75, 3.05) is 26.7 Å². The van der Waals surface area contributed by atoms with Crippen LogP contribution in [0.25, 0.3) is 0 Å². The van der Waals surface area contributed by atoms with Crippen molar-refractivity contribution < 1.29 is 22.7 Å². The average Bonchev–Trinajstić information content (AvgIpc) is 3.04. The summed E-state index contributed by atoms with van der Waals surface area (Å²) in [4.78, 5) is 14.0. The van der Waals surface area contributed by atoms with Gasteiger partial charge in [-0.3, -0.25) is 4.79 Å². The van der Waals surface area contributed by atoms with Gasteiger partial charge in [-0.1, -0.05) is 12.1 Å². The number of carbonyl (C=O) groups is 1. The van der Waals surface area contributed by atoms with Crippen molar-refractivity contribution in [1.82, 2.24) is 10.2 Å².